The molecule has 0 unspecified atom stereocenters. The molecule has 270 valence electrons. The van der Waals surface area contributed by atoms with Crippen molar-refractivity contribution >= 4 is 43.6 Å². The predicted molar refractivity (Wildman–Crippen MR) is 234 cm³/mol. The van der Waals surface area contributed by atoms with Gasteiger partial charge in [-0.2, -0.15) is 0 Å². The summed E-state index contributed by atoms with van der Waals surface area (Å²) < 4.78 is 0. The lowest BCUT2D eigenvalue weighted by atomic mass is 9.97. The Hall–Kier alpha value is -8.03. The Morgan fingerprint density at radius 2 is 0.845 bits per heavy atom. The summed E-state index contributed by atoms with van der Waals surface area (Å²) in [5.41, 5.74) is 12.4. The Morgan fingerprint density at radius 3 is 1.57 bits per heavy atom. The van der Waals surface area contributed by atoms with Gasteiger partial charge in [0, 0.05) is 50.6 Å². The van der Waals surface area contributed by atoms with Crippen LogP contribution in [0.1, 0.15) is 0 Å². The molecule has 6 aromatic carbocycles. The van der Waals surface area contributed by atoms with Gasteiger partial charge in [-0.15, -0.1) is 0 Å². The van der Waals surface area contributed by atoms with Crippen LogP contribution < -0.4 is 0 Å². The highest BCUT2D eigenvalue weighted by Gasteiger charge is 2.15. The van der Waals surface area contributed by atoms with Crippen molar-refractivity contribution in [2.45, 2.75) is 0 Å². The Morgan fingerprint density at radius 1 is 0.293 bits per heavy atom. The van der Waals surface area contributed by atoms with Crippen LogP contribution in [0.25, 0.3) is 111 Å². The molecule has 11 rings (SSSR count). The lowest BCUT2D eigenvalue weighted by Gasteiger charge is -2.10. The number of nitrogens with zero attached hydrogens (tertiary/aromatic N) is 7. The van der Waals surface area contributed by atoms with Crippen LogP contribution in [0.2, 0.25) is 0 Å². The minimum atomic E-state index is 0.518. The van der Waals surface area contributed by atoms with Gasteiger partial charge in [-0.25, -0.2) is 24.9 Å². The topological polar surface area (TPSA) is 90.2 Å². The van der Waals surface area contributed by atoms with E-state index in [-0.39, 0.29) is 0 Å². The molecule has 0 saturated heterocycles. The minimum Gasteiger partial charge on any atom is -0.254 e. The van der Waals surface area contributed by atoms with E-state index in [1.165, 1.54) is 0 Å². The van der Waals surface area contributed by atoms with E-state index >= 15 is 0 Å². The monoisotopic (exact) mass is 741 g/mol. The third kappa shape index (κ3) is 6.08. The summed E-state index contributed by atoms with van der Waals surface area (Å²) >= 11 is 0. The molecule has 0 fully saturated rings. The number of benzene rings is 6. The van der Waals surface area contributed by atoms with E-state index in [0.29, 0.717) is 23.2 Å². The average Bonchev–Trinajstić information content (AvgIpc) is 3.31. The fourth-order valence-corrected chi connectivity index (χ4v) is 7.63. The summed E-state index contributed by atoms with van der Waals surface area (Å²) in [6.07, 6.45) is 3.69. The van der Waals surface area contributed by atoms with Crippen molar-refractivity contribution in [2.24, 2.45) is 0 Å². The molecule has 0 aliphatic rings. The normalized spacial score (nSPS) is 11.4. The molecule has 0 saturated carbocycles. The first-order valence-electron chi connectivity index (χ1n) is 19.1. The molecule has 0 amide bonds. The van der Waals surface area contributed by atoms with Crippen LogP contribution in [0.5, 0.6) is 0 Å². The molecule has 11 aromatic rings. The van der Waals surface area contributed by atoms with Crippen molar-refractivity contribution in [1.82, 2.24) is 34.9 Å². The first kappa shape index (κ1) is 33.3. The Bertz CT molecular complexity index is 3270. The highest BCUT2D eigenvalue weighted by atomic mass is 15.0. The third-order valence-electron chi connectivity index (χ3n) is 10.6. The van der Waals surface area contributed by atoms with Crippen molar-refractivity contribution < 1.29 is 0 Å². The first-order valence-corrected chi connectivity index (χ1v) is 19.1. The van der Waals surface area contributed by atoms with E-state index in [1.807, 2.05) is 85.2 Å². The fourth-order valence-electron chi connectivity index (χ4n) is 7.63. The van der Waals surface area contributed by atoms with Gasteiger partial charge in [0.05, 0.1) is 27.8 Å². The predicted octanol–water partition coefficient (Wildman–Crippen LogP) is 12.1. The van der Waals surface area contributed by atoms with Gasteiger partial charge < -0.3 is 0 Å². The van der Waals surface area contributed by atoms with Gasteiger partial charge >= 0.3 is 0 Å². The molecule has 7 heteroatoms. The van der Waals surface area contributed by atoms with Crippen LogP contribution in [-0.4, -0.2) is 34.9 Å². The zero-order valence-electron chi connectivity index (χ0n) is 31.0. The van der Waals surface area contributed by atoms with Crippen LogP contribution >= 0.6 is 0 Å². The summed E-state index contributed by atoms with van der Waals surface area (Å²) in [5.74, 6) is 1.72. The molecule has 0 radical (unpaired) electrons. The SMILES string of the molecule is c1ccc(-c2nc(-c3ccccc3)nc(-c3ccc4ccc(-c5ccc6ccc(-c7ccc(-c8ccnc9c8ccc8cccnc89)cc7)cc6n5)cc4n3)n2)cc1. The quantitative estimate of drug-likeness (QED) is 0.157. The number of fused-ring (bicyclic) bond motifs is 5. The largest absolute Gasteiger partial charge is 0.254 e. The molecule has 0 spiro atoms. The zero-order valence-corrected chi connectivity index (χ0v) is 31.0. The molecule has 0 atom stereocenters. The number of rotatable bonds is 6. The van der Waals surface area contributed by atoms with Crippen LogP contribution in [-0.2, 0) is 0 Å². The molecule has 0 N–H and O–H groups in total. The minimum absolute atomic E-state index is 0.518. The Balaban J connectivity index is 0.922. The molecule has 5 heterocycles. The van der Waals surface area contributed by atoms with Crippen LogP contribution in [0.4, 0.5) is 0 Å². The molecular formula is C51H31N7. The Kier molecular flexibility index (Phi) is 8.00. The van der Waals surface area contributed by atoms with E-state index < -0.39 is 0 Å². The van der Waals surface area contributed by atoms with Gasteiger partial charge in [-0.3, -0.25) is 9.97 Å². The summed E-state index contributed by atoms with van der Waals surface area (Å²) in [4.78, 5) is 34.2. The zero-order chi connectivity index (χ0) is 38.4. The second-order valence-electron chi connectivity index (χ2n) is 14.2. The van der Waals surface area contributed by atoms with Crippen molar-refractivity contribution in [2.75, 3.05) is 0 Å². The second-order valence-corrected chi connectivity index (χ2v) is 14.2. The summed E-state index contributed by atoms with van der Waals surface area (Å²) in [5, 5.41) is 4.27. The van der Waals surface area contributed by atoms with Gasteiger partial charge in [0.15, 0.2) is 17.5 Å². The van der Waals surface area contributed by atoms with Crippen LogP contribution in [0, 0.1) is 0 Å². The number of hydrogen-bond donors (Lipinski definition) is 0. The lowest BCUT2D eigenvalue weighted by Crippen LogP contribution is -2.01. The van der Waals surface area contributed by atoms with Gasteiger partial charge in [0.2, 0.25) is 0 Å². The number of pyridine rings is 4. The summed E-state index contributed by atoms with van der Waals surface area (Å²) in [7, 11) is 0. The number of aromatic nitrogens is 7. The third-order valence-corrected chi connectivity index (χ3v) is 10.6. The molecular weight excluding hydrogens is 711 g/mol. The first-order chi connectivity index (χ1) is 28.7. The van der Waals surface area contributed by atoms with E-state index in [2.05, 4.69) is 108 Å². The Labute approximate surface area is 333 Å². The average molecular weight is 742 g/mol. The molecule has 5 aromatic heterocycles. The van der Waals surface area contributed by atoms with Gasteiger partial charge in [-0.1, -0.05) is 140 Å². The molecule has 58 heavy (non-hydrogen) atoms. The maximum Gasteiger partial charge on any atom is 0.182 e. The maximum absolute atomic E-state index is 5.16. The number of hydrogen-bond acceptors (Lipinski definition) is 7. The highest BCUT2D eigenvalue weighted by Crippen LogP contribution is 2.34. The van der Waals surface area contributed by atoms with Gasteiger partial charge in [0.1, 0.15) is 5.69 Å². The summed E-state index contributed by atoms with van der Waals surface area (Å²) in [6, 6.07) is 60.0. The van der Waals surface area contributed by atoms with Crippen molar-refractivity contribution in [1.29, 1.82) is 0 Å². The van der Waals surface area contributed by atoms with E-state index in [4.69, 9.17) is 29.9 Å². The molecule has 7 nitrogen and oxygen atoms in total. The van der Waals surface area contributed by atoms with E-state index in [9.17, 15) is 0 Å². The molecule has 0 aliphatic heterocycles. The van der Waals surface area contributed by atoms with Crippen molar-refractivity contribution in [3.05, 3.63) is 188 Å². The van der Waals surface area contributed by atoms with Crippen LogP contribution in [0.15, 0.2) is 188 Å². The van der Waals surface area contributed by atoms with Crippen LogP contribution in [0.3, 0.4) is 0 Å². The van der Waals surface area contributed by atoms with E-state index in [0.717, 1.165) is 88.2 Å². The lowest BCUT2D eigenvalue weighted by molar-refractivity contribution is 1.06. The van der Waals surface area contributed by atoms with Crippen molar-refractivity contribution in [3.8, 4) is 67.8 Å². The standard InChI is InChI=1S/C51H31N7/c1-3-8-37(9-4-1)49-56-50(38-10-5-2-6-11-38)58-51(57-49)44-26-23-35-18-20-40(31-46(35)55-44)43-25-22-34-17-19-39(30-45(34)54-43)32-13-15-33(16-14-32)41-27-29-53-48-42(41)24-21-36-12-7-28-52-47(36)48/h1-31H. The molecule has 0 aliphatic carbocycles. The van der Waals surface area contributed by atoms with Gasteiger partial charge in [-0.05, 0) is 58.7 Å². The smallest absolute Gasteiger partial charge is 0.182 e. The second kappa shape index (κ2) is 13.9. The van der Waals surface area contributed by atoms with Crippen molar-refractivity contribution in [3.63, 3.8) is 0 Å². The van der Waals surface area contributed by atoms with E-state index in [1.54, 1.807) is 0 Å². The maximum atomic E-state index is 5.16. The summed E-state index contributed by atoms with van der Waals surface area (Å²) in [6.45, 7) is 0. The van der Waals surface area contributed by atoms with Gasteiger partial charge in [0.25, 0.3) is 0 Å². The fraction of sp³-hybridized carbons (Fsp3) is 0. The highest BCUT2D eigenvalue weighted by molar-refractivity contribution is 6.08. The molecule has 0 bridgehead atoms.